The van der Waals surface area contributed by atoms with Crippen molar-refractivity contribution in [2.75, 3.05) is 22.9 Å². The van der Waals surface area contributed by atoms with Gasteiger partial charge < -0.3 is 5.32 Å². The molecule has 2 aromatic rings. The first-order valence-electron chi connectivity index (χ1n) is 11.2. The standard InChI is InChI=1S/C25H30N2O3S/c1-27(31(2,29)30)23-9-5-19(6-10-23)25(28)26-22-7-3-18(4-8-22)24-20-12-16-11-17(14-20)15-21(24)13-16/h3-10,16-17,20-21,24H,11-15H2,1-2H3,(H,26,28). The Morgan fingerprint density at radius 1 is 0.871 bits per heavy atom. The van der Waals surface area contributed by atoms with Crippen LogP contribution in [-0.4, -0.2) is 27.6 Å². The summed E-state index contributed by atoms with van der Waals surface area (Å²) in [7, 11) is -1.83. The van der Waals surface area contributed by atoms with Crippen LogP contribution in [0.25, 0.3) is 0 Å². The summed E-state index contributed by atoms with van der Waals surface area (Å²) in [4.78, 5) is 12.6. The Hall–Kier alpha value is -2.34. The van der Waals surface area contributed by atoms with E-state index in [0.29, 0.717) is 17.2 Å². The molecule has 2 aromatic carbocycles. The van der Waals surface area contributed by atoms with E-state index in [9.17, 15) is 13.2 Å². The van der Waals surface area contributed by atoms with Crippen molar-refractivity contribution in [3.63, 3.8) is 0 Å². The van der Waals surface area contributed by atoms with E-state index >= 15 is 0 Å². The third kappa shape index (κ3) is 3.98. The van der Waals surface area contributed by atoms with Gasteiger partial charge in [0.05, 0.1) is 11.9 Å². The average molecular weight is 439 g/mol. The molecule has 0 spiro atoms. The van der Waals surface area contributed by atoms with Crippen molar-refractivity contribution >= 4 is 27.3 Å². The number of hydrogen-bond donors (Lipinski definition) is 1. The zero-order chi connectivity index (χ0) is 21.8. The molecule has 6 heteroatoms. The van der Waals surface area contributed by atoms with E-state index < -0.39 is 10.0 Å². The van der Waals surface area contributed by atoms with Crippen LogP contribution in [0, 0.1) is 23.7 Å². The Balaban J connectivity index is 1.25. The molecule has 5 nitrogen and oxygen atoms in total. The molecule has 164 valence electrons. The molecule has 4 saturated carbocycles. The van der Waals surface area contributed by atoms with Crippen molar-refractivity contribution in [3.05, 3.63) is 59.7 Å². The van der Waals surface area contributed by atoms with Crippen molar-refractivity contribution in [2.24, 2.45) is 23.7 Å². The number of hydrogen-bond acceptors (Lipinski definition) is 3. The molecule has 0 unspecified atom stereocenters. The summed E-state index contributed by atoms with van der Waals surface area (Å²) in [5.74, 6) is 4.13. The lowest BCUT2D eigenvalue weighted by molar-refractivity contribution is -0.00277. The first-order chi connectivity index (χ1) is 14.8. The van der Waals surface area contributed by atoms with Crippen molar-refractivity contribution < 1.29 is 13.2 Å². The second-order valence-electron chi connectivity index (χ2n) is 9.81. The molecule has 0 aliphatic heterocycles. The molecule has 31 heavy (non-hydrogen) atoms. The minimum absolute atomic E-state index is 0.198. The van der Waals surface area contributed by atoms with E-state index in [-0.39, 0.29) is 5.91 Å². The van der Waals surface area contributed by atoms with Crippen LogP contribution in [0.15, 0.2) is 48.5 Å². The predicted octanol–water partition coefficient (Wildman–Crippen LogP) is 4.87. The number of amides is 1. The summed E-state index contributed by atoms with van der Waals surface area (Å²) in [5, 5.41) is 2.96. The maximum Gasteiger partial charge on any atom is 0.255 e. The second kappa shape index (κ2) is 7.66. The lowest BCUT2D eigenvalue weighted by Gasteiger charge is -2.54. The highest BCUT2D eigenvalue weighted by atomic mass is 32.2. The first-order valence-corrected chi connectivity index (χ1v) is 13.1. The minimum Gasteiger partial charge on any atom is -0.322 e. The maximum atomic E-state index is 12.6. The predicted molar refractivity (Wildman–Crippen MR) is 124 cm³/mol. The third-order valence-corrected chi connectivity index (χ3v) is 8.98. The van der Waals surface area contributed by atoms with Gasteiger partial charge in [0.1, 0.15) is 0 Å². The van der Waals surface area contributed by atoms with Crippen LogP contribution in [0.4, 0.5) is 11.4 Å². The van der Waals surface area contributed by atoms with E-state index in [0.717, 1.165) is 35.6 Å². The van der Waals surface area contributed by atoms with Crippen LogP contribution < -0.4 is 9.62 Å². The summed E-state index contributed by atoms with van der Waals surface area (Å²) < 4.78 is 24.5. The normalized spacial score (nSPS) is 29.0. The number of rotatable bonds is 5. The lowest BCUT2D eigenvalue weighted by atomic mass is 9.51. The third-order valence-electron chi connectivity index (χ3n) is 7.77. The molecule has 0 saturated heterocycles. The van der Waals surface area contributed by atoms with Gasteiger partial charge in [-0.2, -0.15) is 0 Å². The highest BCUT2D eigenvalue weighted by Gasteiger charge is 2.48. The summed E-state index contributed by atoms with van der Waals surface area (Å²) in [6.45, 7) is 0. The number of carbonyl (C=O) groups excluding carboxylic acids is 1. The SMILES string of the molecule is CN(c1ccc(C(=O)Nc2ccc(C3C4CC5CC(C4)CC3C5)cc2)cc1)S(C)(=O)=O. The van der Waals surface area contributed by atoms with Gasteiger partial charge in [-0.1, -0.05) is 12.1 Å². The topological polar surface area (TPSA) is 66.5 Å². The highest BCUT2D eigenvalue weighted by Crippen LogP contribution is 2.59. The fraction of sp³-hybridized carbons (Fsp3) is 0.480. The highest BCUT2D eigenvalue weighted by molar-refractivity contribution is 7.92. The van der Waals surface area contributed by atoms with Crippen molar-refractivity contribution in [1.29, 1.82) is 0 Å². The van der Waals surface area contributed by atoms with Crippen LogP contribution in [-0.2, 0) is 10.0 Å². The first kappa shape index (κ1) is 20.6. The van der Waals surface area contributed by atoms with Crippen LogP contribution in [0.3, 0.4) is 0 Å². The van der Waals surface area contributed by atoms with Crippen molar-refractivity contribution in [3.8, 4) is 0 Å². The number of anilines is 2. The number of benzene rings is 2. The molecular weight excluding hydrogens is 408 g/mol. The zero-order valence-corrected chi connectivity index (χ0v) is 18.9. The molecule has 1 amide bonds. The molecule has 0 heterocycles. The van der Waals surface area contributed by atoms with Crippen molar-refractivity contribution in [2.45, 2.75) is 38.0 Å². The Morgan fingerprint density at radius 2 is 1.42 bits per heavy atom. The Morgan fingerprint density at radius 3 is 1.94 bits per heavy atom. The molecule has 0 atom stereocenters. The van der Waals surface area contributed by atoms with Gasteiger partial charge in [0, 0.05) is 18.3 Å². The largest absolute Gasteiger partial charge is 0.322 e. The number of carbonyl (C=O) groups is 1. The summed E-state index contributed by atoms with van der Waals surface area (Å²) in [5.41, 5.74) is 3.24. The van der Waals surface area contributed by atoms with Crippen LogP contribution in [0.1, 0.15) is 53.9 Å². The number of nitrogens with one attached hydrogen (secondary N) is 1. The van der Waals surface area contributed by atoms with Gasteiger partial charge in [0.15, 0.2) is 0 Å². The minimum atomic E-state index is -3.32. The summed E-state index contributed by atoms with van der Waals surface area (Å²) in [6, 6.07) is 15.0. The van der Waals surface area contributed by atoms with Crippen LogP contribution >= 0.6 is 0 Å². The molecule has 0 aromatic heterocycles. The summed E-state index contributed by atoms with van der Waals surface area (Å²) >= 11 is 0. The average Bonchev–Trinajstić information content (AvgIpc) is 2.73. The Labute approximate surface area is 184 Å². The second-order valence-corrected chi connectivity index (χ2v) is 11.8. The fourth-order valence-corrected chi connectivity index (χ4v) is 6.98. The van der Waals surface area contributed by atoms with Crippen LogP contribution in [0.2, 0.25) is 0 Å². The Bertz CT molecular complexity index is 1050. The molecule has 4 bridgehead atoms. The van der Waals surface area contributed by atoms with Gasteiger partial charge in [-0.05, 0) is 104 Å². The van der Waals surface area contributed by atoms with E-state index in [1.54, 1.807) is 24.3 Å². The number of sulfonamides is 1. The fourth-order valence-electron chi connectivity index (χ4n) is 6.48. The molecule has 6 rings (SSSR count). The Kier molecular flexibility index (Phi) is 5.08. The molecule has 1 N–H and O–H groups in total. The van der Waals surface area contributed by atoms with Crippen LogP contribution in [0.5, 0.6) is 0 Å². The van der Waals surface area contributed by atoms with Gasteiger partial charge in [-0.25, -0.2) is 8.42 Å². The van der Waals surface area contributed by atoms with Gasteiger partial charge in [-0.15, -0.1) is 0 Å². The van der Waals surface area contributed by atoms with Gasteiger partial charge in [0.25, 0.3) is 5.91 Å². The van der Waals surface area contributed by atoms with E-state index in [2.05, 4.69) is 17.4 Å². The quantitative estimate of drug-likeness (QED) is 0.724. The van der Waals surface area contributed by atoms with E-state index in [4.69, 9.17) is 0 Å². The van der Waals surface area contributed by atoms with Crippen molar-refractivity contribution in [1.82, 2.24) is 0 Å². The molecule has 4 fully saturated rings. The summed E-state index contributed by atoms with van der Waals surface area (Å²) in [6.07, 6.45) is 8.24. The smallest absolute Gasteiger partial charge is 0.255 e. The monoisotopic (exact) mass is 438 g/mol. The van der Waals surface area contributed by atoms with E-state index in [1.807, 2.05) is 12.1 Å². The van der Waals surface area contributed by atoms with Gasteiger partial charge in [-0.3, -0.25) is 9.10 Å². The zero-order valence-electron chi connectivity index (χ0n) is 18.1. The molecule has 4 aliphatic carbocycles. The molecule has 4 aliphatic rings. The molecular formula is C25H30N2O3S. The van der Waals surface area contributed by atoms with Gasteiger partial charge >= 0.3 is 0 Å². The maximum absolute atomic E-state index is 12.6. The molecule has 0 radical (unpaired) electrons. The lowest BCUT2D eigenvalue weighted by Crippen LogP contribution is -2.43. The van der Waals surface area contributed by atoms with E-state index in [1.165, 1.54) is 49.0 Å². The number of nitrogens with zero attached hydrogens (tertiary/aromatic N) is 1. The van der Waals surface area contributed by atoms with Gasteiger partial charge in [0.2, 0.25) is 10.0 Å².